The number of carbonyl (C=O) groups is 2. The highest BCUT2D eigenvalue weighted by Crippen LogP contribution is 2.21. The maximum Gasteiger partial charge on any atom is 0.340 e. The maximum absolute atomic E-state index is 12.5. The molecule has 148 valence electrons. The molecule has 1 heterocycles. The van der Waals surface area contributed by atoms with Gasteiger partial charge in [-0.1, -0.05) is 30.3 Å². The molecule has 0 bridgehead atoms. The number of para-hydroxylation sites is 2. The molecule has 0 unspecified atom stereocenters. The van der Waals surface area contributed by atoms with Crippen LogP contribution in [0.3, 0.4) is 0 Å². The predicted octanol–water partition coefficient (Wildman–Crippen LogP) is 4.27. The van der Waals surface area contributed by atoms with Gasteiger partial charge < -0.3 is 15.4 Å². The van der Waals surface area contributed by atoms with Crippen molar-refractivity contribution in [2.45, 2.75) is 20.8 Å². The van der Waals surface area contributed by atoms with Gasteiger partial charge in [-0.05, 0) is 44.0 Å². The number of hydrogen-bond acceptors (Lipinski definition) is 6. The number of anilines is 3. The van der Waals surface area contributed by atoms with Gasteiger partial charge in [-0.15, -0.1) is 0 Å². The number of benzene rings is 2. The Hall–Kier alpha value is -3.74. The van der Waals surface area contributed by atoms with E-state index in [9.17, 15) is 9.59 Å². The summed E-state index contributed by atoms with van der Waals surface area (Å²) in [6.45, 7) is 5.91. The van der Waals surface area contributed by atoms with Gasteiger partial charge in [0, 0.05) is 5.69 Å². The average molecular weight is 390 g/mol. The van der Waals surface area contributed by atoms with Gasteiger partial charge in [0.2, 0.25) is 0 Å². The Kier molecular flexibility index (Phi) is 6.19. The molecule has 0 atom stereocenters. The number of esters is 1. The molecule has 3 rings (SSSR count). The highest BCUT2D eigenvalue weighted by molar-refractivity contribution is 6.03. The molecular weight excluding hydrogens is 368 g/mol. The first-order valence-corrected chi connectivity index (χ1v) is 9.22. The first-order chi connectivity index (χ1) is 14.0. The lowest BCUT2D eigenvalue weighted by molar-refractivity contribution is 0.0527. The summed E-state index contributed by atoms with van der Waals surface area (Å²) in [6.07, 6.45) is 2.83. The van der Waals surface area contributed by atoms with E-state index in [1.165, 1.54) is 12.4 Å². The Balaban J connectivity index is 1.74. The van der Waals surface area contributed by atoms with E-state index in [2.05, 4.69) is 20.6 Å². The van der Waals surface area contributed by atoms with Crippen molar-refractivity contribution in [3.05, 3.63) is 77.2 Å². The van der Waals surface area contributed by atoms with Gasteiger partial charge in [0.1, 0.15) is 11.5 Å². The molecule has 1 amide bonds. The molecule has 0 aliphatic carbocycles. The average Bonchev–Trinajstić information content (AvgIpc) is 2.72. The van der Waals surface area contributed by atoms with Gasteiger partial charge in [0.15, 0.2) is 0 Å². The number of rotatable bonds is 6. The summed E-state index contributed by atoms with van der Waals surface area (Å²) in [6, 6.07) is 12.8. The zero-order valence-electron chi connectivity index (χ0n) is 16.5. The minimum Gasteiger partial charge on any atom is -0.462 e. The highest BCUT2D eigenvalue weighted by Gasteiger charge is 2.14. The third-order valence-corrected chi connectivity index (χ3v) is 4.29. The maximum atomic E-state index is 12.5. The van der Waals surface area contributed by atoms with Crippen molar-refractivity contribution in [1.82, 2.24) is 9.97 Å². The largest absolute Gasteiger partial charge is 0.462 e. The quantitative estimate of drug-likeness (QED) is 0.611. The second-order valence-corrected chi connectivity index (χ2v) is 6.40. The SMILES string of the molecule is CCOC(=O)c1ccccc1Nc1cnc(C(=O)Nc2c(C)cccc2C)cn1. The molecular formula is C22H22N4O3. The van der Waals surface area contributed by atoms with Crippen LogP contribution in [0, 0.1) is 13.8 Å². The van der Waals surface area contributed by atoms with E-state index in [1.807, 2.05) is 32.0 Å². The number of carbonyl (C=O) groups excluding carboxylic acids is 2. The normalized spacial score (nSPS) is 10.3. The van der Waals surface area contributed by atoms with Gasteiger partial charge in [0.05, 0.1) is 30.3 Å². The van der Waals surface area contributed by atoms with E-state index in [0.29, 0.717) is 17.1 Å². The van der Waals surface area contributed by atoms with Crippen LogP contribution in [0.5, 0.6) is 0 Å². The zero-order valence-corrected chi connectivity index (χ0v) is 16.5. The molecule has 7 heteroatoms. The standard InChI is InChI=1S/C22H22N4O3/c1-4-29-22(28)16-10-5-6-11-17(16)25-19-13-23-18(12-24-19)21(27)26-20-14(2)8-7-9-15(20)3/h5-13H,4H2,1-3H3,(H,24,25)(H,26,27). The zero-order chi connectivity index (χ0) is 20.8. The Bertz CT molecular complexity index is 1010. The monoisotopic (exact) mass is 390 g/mol. The number of aromatic nitrogens is 2. The fourth-order valence-corrected chi connectivity index (χ4v) is 2.82. The first-order valence-electron chi connectivity index (χ1n) is 9.22. The molecule has 0 aliphatic heterocycles. The number of aryl methyl sites for hydroxylation is 2. The van der Waals surface area contributed by atoms with Gasteiger partial charge >= 0.3 is 5.97 Å². The predicted molar refractivity (Wildman–Crippen MR) is 112 cm³/mol. The molecule has 2 N–H and O–H groups in total. The topological polar surface area (TPSA) is 93.2 Å². The lowest BCUT2D eigenvalue weighted by atomic mass is 10.1. The van der Waals surface area contributed by atoms with Crippen LogP contribution in [0.15, 0.2) is 54.9 Å². The van der Waals surface area contributed by atoms with E-state index in [4.69, 9.17) is 4.74 Å². The molecule has 7 nitrogen and oxygen atoms in total. The number of nitrogens with zero attached hydrogens (tertiary/aromatic N) is 2. The molecule has 0 spiro atoms. The fourth-order valence-electron chi connectivity index (χ4n) is 2.82. The van der Waals surface area contributed by atoms with Crippen molar-refractivity contribution in [3.8, 4) is 0 Å². The Labute approximate surface area is 169 Å². The number of hydrogen-bond donors (Lipinski definition) is 2. The molecule has 0 saturated heterocycles. The van der Waals surface area contributed by atoms with Crippen molar-refractivity contribution in [2.24, 2.45) is 0 Å². The third kappa shape index (κ3) is 4.76. The molecule has 0 radical (unpaired) electrons. The fraction of sp³-hybridized carbons (Fsp3) is 0.182. The second-order valence-electron chi connectivity index (χ2n) is 6.40. The summed E-state index contributed by atoms with van der Waals surface area (Å²) in [5, 5.41) is 5.92. The van der Waals surface area contributed by atoms with Crippen LogP contribution in [0.1, 0.15) is 38.9 Å². The lowest BCUT2D eigenvalue weighted by Gasteiger charge is -2.12. The summed E-state index contributed by atoms with van der Waals surface area (Å²) >= 11 is 0. The van der Waals surface area contributed by atoms with Gasteiger partial charge in [0.25, 0.3) is 5.91 Å². The number of nitrogens with one attached hydrogen (secondary N) is 2. The molecule has 1 aromatic heterocycles. The molecule has 29 heavy (non-hydrogen) atoms. The van der Waals surface area contributed by atoms with E-state index >= 15 is 0 Å². The van der Waals surface area contributed by atoms with E-state index < -0.39 is 5.97 Å². The minimum atomic E-state index is -0.423. The lowest BCUT2D eigenvalue weighted by Crippen LogP contribution is -2.16. The van der Waals surface area contributed by atoms with E-state index in [1.54, 1.807) is 31.2 Å². The summed E-state index contributed by atoms with van der Waals surface area (Å²) < 4.78 is 5.06. The smallest absolute Gasteiger partial charge is 0.340 e. The van der Waals surface area contributed by atoms with Crippen molar-refractivity contribution < 1.29 is 14.3 Å². The van der Waals surface area contributed by atoms with Crippen LogP contribution >= 0.6 is 0 Å². The second kappa shape index (κ2) is 8.97. The van der Waals surface area contributed by atoms with E-state index in [0.717, 1.165) is 16.8 Å². The minimum absolute atomic E-state index is 0.192. The Morgan fingerprint density at radius 2 is 1.69 bits per heavy atom. The van der Waals surface area contributed by atoms with Gasteiger partial charge in [-0.25, -0.2) is 14.8 Å². The molecule has 0 aliphatic rings. The van der Waals surface area contributed by atoms with Crippen molar-refractivity contribution in [1.29, 1.82) is 0 Å². The van der Waals surface area contributed by atoms with Crippen molar-refractivity contribution in [2.75, 3.05) is 17.2 Å². The van der Waals surface area contributed by atoms with Crippen LogP contribution < -0.4 is 10.6 Å². The molecule has 0 saturated carbocycles. The molecule has 2 aromatic carbocycles. The molecule has 0 fully saturated rings. The van der Waals surface area contributed by atoms with Crippen LogP contribution in [0.4, 0.5) is 17.2 Å². The van der Waals surface area contributed by atoms with Crippen LogP contribution in [-0.2, 0) is 4.74 Å². The van der Waals surface area contributed by atoms with Gasteiger partial charge in [-0.2, -0.15) is 0 Å². The summed E-state index contributed by atoms with van der Waals surface area (Å²) in [4.78, 5) is 33.0. The third-order valence-electron chi connectivity index (χ3n) is 4.29. The highest BCUT2D eigenvalue weighted by atomic mass is 16.5. The van der Waals surface area contributed by atoms with Gasteiger partial charge in [-0.3, -0.25) is 4.79 Å². The van der Waals surface area contributed by atoms with Crippen LogP contribution in [0.2, 0.25) is 0 Å². The van der Waals surface area contributed by atoms with E-state index in [-0.39, 0.29) is 18.2 Å². The molecule has 3 aromatic rings. The van der Waals surface area contributed by atoms with Crippen molar-refractivity contribution >= 4 is 29.1 Å². The summed E-state index contributed by atoms with van der Waals surface area (Å²) in [5.74, 6) is -0.355. The first kappa shape index (κ1) is 20.0. The van der Waals surface area contributed by atoms with Crippen molar-refractivity contribution in [3.63, 3.8) is 0 Å². The Morgan fingerprint density at radius 1 is 0.966 bits per heavy atom. The van der Waals surface area contributed by atoms with Crippen LogP contribution in [-0.4, -0.2) is 28.5 Å². The summed E-state index contributed by atoms with van der Waals surface area (Å²) in [7, 11) is 0. The van der Waals surface area contributed by atoms with Crippen LogP contribution in [0.25, 0.3) is 0 Å². The number of ether oxygens (including phenoxy) is 1. The number of amides is 1. The Morgan fingerprint density at radius 3 is 2.34 bits per heavy atom. The summed E-state index contributed by atoms with van der Waals surface area (Å²) in [5.41, 5.74) is 3.85.